The van der Waals surface area contributed by atoms with E-state index in [9.17, 15) is 18.0 Å². The number of aromatic amines is 1. The summed E-state index contributed by atoms with van der Waals surface area (Å²) in [6.45, 7) is 7.64. The fourth-order valence-corrected chi connectivity index (χ4v) is 4.30. The van der Waals surface area contributed by atoms with Gasteiger partial charge in [0.15, 0.2) is 0 Å². The molecule has 1 aromatic heterocycles. The Bertz CT molecular complexity index is 1230. The Morgan fingerprint density at radius 1 is 1.06 bits per heavy atom. The van der Waals surface area contributed by atoms with Gasteiger partial charge in [-0.25, -0.2) is 0 Å². The quantitative estimate of drug-likeness (QED) is 0.589. The third-order valence-corrected chi connectivity index (χ3v) is 6.77. The van der Waals surface area contributed by atoms with Gasteiger partial charge in [-0.1, -0.05) is 6.07 Å². The summed E-state index contributed by atoms with van der Waals surface area (Å²) in [5, 5.41) is 0.812. The fourth-order valence-electron chi connectivity index (χ4n) is 4.30. The molecule has 0 aliphatic carbocycles. The van der Waals surface area contributed by atoms with Gasteiger partial charge in [0, 0.05) is 33.8 Å². The predicted molar refractivity (Wildman–Crippen MR) is 116 cm³/mol. The Hall–Kier alpha value is -2.78. The van der Waals surface area contributed by atoms with Crippen molar-refractivity contribution in [2.45, 2.75) is 51.6 Å². The van der Waals surface area contributed by atoms with Crippen molar-refractivity contribution in [2.24, 2.45) is 0 Å². The first-order valence-corrected chi connectivity index (χ1v) is 10.4. The van der Waals surface area contributed by atoms with Gasteiger partial charge in [-0.15, -0.1) is 0 Å². The minimum atomic E-state index is -4.53. The molecule has 0 spiro atoms. The number of hydrogen-bond donors (Lipinski definition) is 1. The van der Waals surface area contributed by atoms with Gasteiger partial charge in [0.05, 0.1) is 23.3 Å². The summed E-state index contributed by atoms with van der Waals surface area (Å²) in [4.78, 5) is 17.6. The lowest BCUT2D eigenvalue weighted by molar-refractivity contribution is -0.138. The zero-order chi connectivity index (χ0) is 23.1. The van der Waals surface area contributed by atoms with Crippen molar-refractivity contribution in [3.8, 4) is 0 Å². The molecule has 3 aromatic rings. The molecule has 1 saturated heterocycles. The number of H-pyrrole nitrogens is 1. The van der Waals surface area contributed by atoms with Crippen LogP contribution in [0.25, 0.3) is 10.9 Å². The molecule has 2 aliphatic rings. The molecule has 0 unspecified atom stereocenters. The Morgan fingerprint density at radius 3 is 2.41 bits per heavy atom. The number of rotatable bonds is 2. The normalized spacial score (nSPS) is 19.8. The molecule has 5 nitrogen and oxygen atoms in total. The molecular weight excluding hydrogens is 420 g/mol. The van der Waals surface area contributed by atoms with Crippen molar-refractivity contribution in [3.05, 3.63) is 59.3 Å². The molecule has 9 heteroatoms. The molecule has 3 heterocycles. The summed E-state index contributed by atoms with van der Waals surface area (Å²) in [5.74, 6) is -0.458. The lowest BCUT2D eigenvalue weighted by atomic mass is 9.77. The van der Waals surface area contributed by atoms with E-state index in [0.717, 1.165) is 17.0 Å². The Balaban J connectivity index is 1.59. The van der Waals surface area contributed by atoms with Gasteiger partial charge in [-0.05, 0) is 63.6 Å². The van der Waals surface area contributed by atoms with E-state index in [1.807, 2.05) is 33.8 Å². The average Bonchev–Trinajstić information content (AvgIpc) is 3.35. The highest BCUT2D eigenvalue weighted by Crippen LogP contribution is 2.40. The number of alkyl halides is 3. The number of halogens is 3. The van der Waals surface area contributed by atoms with Gasteiger partial charge in [0.25, 0.3) is 5.91 Å². The standard InChI is InChI=1S/C23H22BF3N2O3/c1-21(2)22(3,4)32-24(31-21)18-11-14(10-13-8-9-28-19(13)18)29-12-16-15(20(29)30)6-5-7-17(16)23(25,26)27/h5-11,28H,12H2,1-4H3. The number of carbonyl (C=O) groups is 1. The van der Waals surface area contributed by atoms with E-state index in [2.05, 4.69) is 4.98 Å². The monoisotopic (exact) mass is 442 g/mol. The van der Waals surface area contributed by atoms with E-state index in [1.54, 1.807) is 18.3 Å². The van der Waals surface area contributed by atoms with E-state index < -0.39 is 36.0 Å². The molecule has 1 N–H and O–H groups in total. The highest BCUT2D eigenvalue weighted by atomic mass is 19.4. The smallest absolute Gasteiger partial charge is 0.399 e. The van der Waals surface area contributed by atoms with Crippen molar-refractivity contribution < 1.29 is 27.3 Å². The maximum atomic E-state index is 13.5. The van der Waals surface area contributed by atoms with E-state index in [0.29, 0.717) is 11.2 Å². The van der Waals surface area contributed by atoms with E-state index in [-0.39, 0.29) is 17.7 Å². The highest BCUT2D eigenvalue weighted by molar-refractivity contribution is 6.65. The number of nitrogens with zero attached hydrogens (tertiary/aromatic N) is 1. The van der Waals surface area contributed by atoms with Crippen LogP contribution in [0, 0.1) is 0 Å². The van der Waals surface area contributed by atoms with Gasteiger partial charge >= 0.3 is 13.3 Å². The zero-order valence-electron chi connectivity index (χ0n) is 18.1. The second kappa shape index (κ2) is 6.62. The Labute approximate surface area is 183 Å². The second-order valence-electron chi connectivity index (χ2n) is 9.29. The third kappa shape index (κ3) is 3.06. The largest absolute Gasteiger partial charge is 0.497 e. The third-order valence-electron chi connectivity index (χ3n) is 6.77. The van der Waals surface area contributed by atoms with Crippen LogP contribution in [0.15, 0.2) is 42.6 Å². The van der Waals surface area contributed by atoms with Crippen LogP contribution in [-0.4, -0.2) is 29.2 Å². The van der Waals surface area contributed by atoms with Crippen LogP contribution >= 0.6 is 0 Å². The highest BCUT2D eigenvalue weighted by Gasteiger charge is 2.52. The number of carbonyl (C=O) groups excluding carboxylic acids is 1. The van der Waals surface area contributed by atoms with Gasteiger partial charge in [-0.2, -0.15) is 13.2 Å². The minimum Gasteiger partial charge on any atom is -0.399 e. The summed E-state index contributed by atoms with van der Waals surface area (Å²) in [7, 11) is -0.688. The van der Waals surface area contributed by atoms with Gasteiger partial charge in [0.2, 0.25) is 0 Å². The molecule has 2 aliphatic heterocycles. The molecule has 0 bridgehead atoms. The second-order valence-corrected chi connectivity index (χ2v) is 9.29. The van der Waals surface area contributed by atoms with Gasteiger partial charge < -0.3 is 19.2 Å². The van der Waals surface area contributed by atoms with Crippen LogP contribution in [0.1, 0.15) is 49.2 Å². The van der Waals surface area contributed by atoms with Crippen LogP contribution < -0.4 is 10.4 Å². The van der Waals surface area contributed by atoms with Crippen LogP contribution in [0.4, 0.5) is 18.9 Å². The number of hydrogen-bond acceptors (Lipinski definition) is 3. The van der Waals surface area contributed by atoms with Gasteiger partial charge in [-0.3, -0.25) is 4.79 Å². The zero-order valence-corrected chi connectivity index (χ0v) is 18.1. The Kier molecular flexibility index (Phi) is 4.36. The first kappa shape index (κ1) is 21.1. The summed E-state index contributed by atoms with van der Waals surface area (Å²) in [6, 6.07) is 9.13. The SMILES string of the molecule is CC1(C)OB(c2cc(N3Cc4c(cccc4C(F)(F)F)C3=O)cc3cc[nH]c23)OC1(C)C. The van der Waals surface area contributed by atoms with Crippen LogP contribution in [0.5, 0.6) is 0 Å². The number of amides is 1. The van der Waals surface area contributed by atoms with E-state index in [1.165, 1.54) is 17.0 Å². The maximum absolute atomic E-state index is 13.5. The number of nitrogens with one attached hydrogen (secondary N) is 1. The summed E-state index contributed by atoms with van der Waals surface area (Å²) in [5.41, 5.74) is 0.161. The predicted octanol–water partition coefficient (Wildman–Crippen LogP) is 4.65. The molecule has 1 fully saturated rings. The van der Waals surface area contributed by atoms with Crippen LogP contribution in [-0.2, 0) is 22.0 Å². The number of fused-ring (bicyclic) bond motifs is 2. The van der Waals surface area contributed by atoms with E-state index in [4.69, 9.17) is 9.31 Å². The van der Waals surface area contributed by atoms with Crippen molar-refractivity contribution >= 4 is 35.1 Å². The first-order chi connectivity index (χ1) is 14.9. The number of benzene rings is 2. The molecule has 166 valence electrons. The fraction of sp³-hybridized carbons (Fsp3) is 0.348. The Morgan fingerprint density at radius 2 is 1.75 bits per heavy atom. The maximum Gasteiger partial charge on any atom is 0.497 e. The topological polar surface area (TPSA) is 54.6 Å². The van der Waals surface area contributed by atoms with Crippen molar-refractivity contribution in [3.63, 3.8) is 0 Å². The molecule has 0 saturated carbocycles. The number of aromatic nitrogens is 1. The molecule has 32 heavy (non-hydrogen) atoms. The lowest BCUT2D eigenvalue weighted by Gasteiger charge is -2.32. The van der Waals surface area contributed by atoms with Gasteiger partial charge in [0.1, 0.15) is 0 Å². The van der Waals surface area contributed by atoms with Crippen LogP contribution in [0.2, 0.25) is 0 Å². The average molecular weight is 442 g/mol. The summed E-state index contributed by atoms with van der Waals surface area (Å²) in [6.07, 6.45) is -2.76. The molecule has 2 aromatic carbocycles. The minimum absolute atomic E-state index is 0.00338. The molecule has 5 rings (SSSR count). The van der Waals surface area contributed by atoms with Crippen LogP contribution in [0.3, 0.4) is 0 Å². The van der Waals surface area contributed by atoms with Crippen molar-refractivity contribution in [1.29, 1.82) is 0 Å². The summed E-state index contributed by atoms with van der Waals surface area (Å²) >= 11 is 0. The first-order valence-electron chi connectivity index (χ1n) is 10.4. The number of anilines is 1. The van der Waals surface area contributed by atoms with Crippen molar-refractivity contribution in [1.82, 2.24) is 4.98 Å². The molecule has 0 atom stereocenters. The molecular formula is C23H22BF3N2O3. The molecule has 1 amide bonds. The summed E-state index contributed by atoms with van der Waals surface area (Å²) < 4.78 is 52.9. The van der Waals surface area contributed by atoms with E-state index >= 15 is 0 Å². The van der Waals surface area contributed by atoms with Crippen molar-refractivity contribution in [2.75, 3.05) is 4.90 Å². The lowest BCUT2D eigenvalue weighted by Crippen LogP contribution is -2.41. The molecule has 0 radical (unpaired) electrons.